The summed E-state index contributed by atoms with van der Waals surface area (Å²) in [6.07, 6.45) is 0. The van der Waals surface area contributed by atoms with Gasteiger partial charge in [0, 0.05) is 0 Å². The van der Waals surface area contributed by atoms with Crippen LogP contribution in [0.25, 0.3) is 0 Å². The number of ether oxygens (including phenoxy) is 4. The van der Waals surface area contributed by atoms with E-state index < -0.39 is 23.1 Å². The molecule has 4 heterocycles. The van der Waals surface area contributed by atoms with Crippen molar-refractivity contribution in [1.29, 1.82) is 0 Å². The second-order valence-electron chi connectivity index (χ2n) is 13.2. The van der Waals surface area contributed by atoms with Crippen LogP contribution in [0.4, 0.5) is 0 Å². The number of carbonyl (C=O) groups excluding carboxylic acids is 2. The second-order valence-corrected chi connectivity index (χ2v) is 22.1. The van der Waals surface area contributed by atoms with Crippen molar-refractivity contribution >= 4 is 81.8 Å². The third-order valence-corrected chi connectivity index (χ3v) is 17.8. The maximum absolute atomic E-state index is 12.8. The van der Waals surface area contributed by atoms with E-state index in [1.807, 2.05) is 24.3 Å². The summed E-state index contributed by atoms with van der Waals surface area (Å²) in [4.78, 5) is 25.5. The van der Waals surface area contributed by atoms with Crippen LogP contribution in [0.15, 0.2) is 103 Å². The van der Waals surface area contributed by atoms with Crippen LogP contribution in [-0.2, 0) is 72.9 Å². The molecule has 15 nitrogen and oxygen atoms in total. The van der Waals surface area contributed by atoms with Crippen LogP contribution < -0.4 is 74.7 Å². The van der Waals surface area contributed by atoms with Crippen LogP contribution in [0, 0.1) is 0 Å². The van der Waals surface area contributed by atoms with E-state index in [0.717, 1.165) is 0 Å². The Morgan fingerprint density at radius 2 is 0.778 bits per heavy atom. The monoisotopic (exact) mass is 1510 g/mol. The van der Waals surface area contributed by atoms with E-state index in [1.165, 1.54) is 12.1 Å². The minimum absolute atomic E-state index is 0. The average Bonchev–Trinajstić information content (AvgIpc) is 3.65. The van der Waals surface area contributed by atoms with Crippen molar-refractivity contribution in [1.82, 2.24) is 0 Å². The number of esters is 2. The van der Waals surface area contributed by atoms with Gasteiger partial charge in [-0.2, -0.15) is 0 Å². The number of hydrogen-bond acceptors (Lipinski definition) is 10. The van der Waals surface area contributed by atoms with Gasteiger partial charge in [-0.25, -0.2) is 0 Å². The first-order chi connectivity index (χ1) is 26.7. The topological polar surface area (TPSA) is 309 Å². The van der Waals surface area contributed by atoms with Gasteiger partial charge in [-0.3, -0.25) is 0 Å². The molecule has 4 aliphatic heterocycles. The van der Waals surface area contributed by atoms with E-state index >= 15 is 0 Å². The van der Waals surface area contributed by atoms with E-state index in [0.29, 0.717) is 91.5 Å². The Hall–Kier alpha value is -1.35. The molecule has 0 amide bonds. The number of halogens is 4. The van der Waals surface area contributed by atoms with Crippen LogP contribution in [0.2, 0.25) is 0 Å². The summed E-state index contributed by atoms with van der Waals surface area (Å²) in [6, 6.07) is 24.4. The molecule has 2 atom stereocenters. The van der Waals surface area contributed by atoms with Crippen LogP contribution in [0.3, 0.4) is 0 Å². The maximum Gasteiger partial charge on any atom is 1.00 e. The number of rotatable bonds is 0. The Labute approximate surface area is 467 Å². The summed E-state index contributed by atoms with van der Waals surface area (Å²) in [5, 5.41) is 41.3. The number of phenolic OH excluding ortho intramolecular Hbond substituents is 4. The Morgan fingerprint density at radius 3 is 1.13 bits per heavy atom. The Bertz CT molecular complexity index is 2630. The molecular weight excluding hydrogens is 1490 g/mol. The molecule has 0 saturated carbocycles. The first-order valence-electron chi connectivity index (χ1n) is 16.5. The number of carbonyl (C=O) groups is 2. The smallest absolute Gasteiger partial charge is 1.00 e. The van der Waals surface area contributed by atoms with Gasteiger partial charge in [0.2, 0.25) is 0 Å². The standard InChI is InChI=1S/2C20H9Br2O5.2Hg.2Na.5H2O/c2*21-13-5-11-17(7-15(13)23)26-18-8-16(24)14(22)6-12(18)20(11)10-4-2-1-3-9(10)19(25)27-20;;;;;;;;;/h2*1-7,23-24H;;;;;5*1H2/q;;;;2*+1;;;;;. The molecule has 23 heteroatoms. The van der Waals surface area contributed by atoms with Crippen molar-refractivity contribution in [3.63, 3.8) is 0 Å². The van der Waals surface area contributed by atoms with E-state index in [9.17, 15) is 30.0 Å². The molecule has 0 aromatic heterocycles. The third kappa shape index (κ3) is 8.72. The summed E-state index contributed by atoms with van der Waals surface area (Å²) in [6.45, 7) is 0. The zero-order chi connectivity index (χ0) is 39.6. The van der Waals surface area contributed by atoms with Crippen molar-refractivity contribution in [2.24, 2.45) is 0 Å². The molecular formula is C40H28Br4Hg2Na2O15+2. The molecule has 2 spiro atoms. The summed E-state index contributed by atoms with van der Waals surface area (Å²) in [7, 11) is 0. The van der Waals surface area contributed by atoms with E-state index in [2.05, 4.69) is 63.7 Å². The number of hydrogen-bond donors (Lipinski definition) is 4. The molecule has 14 N–H and O–H groups in total. The molecule has 10 rings (SSSR count). The van der Waals surface area contributed by atoms with Gasteiger partial charge in [0.05, 0.1) is 0 Å². The Balaban J connectivity index is 0.000000390. The van der Waals surface area contributed by atoms with Crippen LogP contribution >= 0.6 is 63.7 Å². The summed E-state index contributed by atoms with van der Waals surface area (Å²) in [5.41, 5.74) is 2.41. The average molecular weight is 1520 g/mol. The second kappa shape index (κ2) is 21.3. The van der Waals surface area contributed by atoms with Gasteiger partial charge < -0.3 is 27.4 Å². The minimum Gasteiger partial charge on any atom is 1.00 e. The van der Waals surface area contributed by atoms with Crippen molar-refractivity contribution < 1.29 is 188 Å². The van der Waals surface area contributed by atoms with Gasteiger partial charge in [-0.1, -0.05) is 0 Å². The van der Waals surface area contributed by atoms with Crippen molar-refractivity contribution in [3.05, 3.63) is 147 Å². The summed E-state index contributed by atoms with van der Waals surface area (Å²) in [5.74, 6) is 1.12. The fraction of sp³-hybridized carbons (Fsp3) is 0.0500. The van der Waals surface area contributed by atoms with Crippen LogP contribution in [0.5, 0.6) is 46.0 Å². The van der Waals surface area contributed by atoms with Gasteiger partial charge in [0.25, 0.3) is 0 Å². The first-order valence-corrected chi connectivity index (χ1v) is 25.2. The largest absolute Gasteiger partial charge is 1.00 e. The predicted molar refractivity (Wildman–Crippen MR) is 224 cm³/mol. The number of fused-ring (bicyclic) bond motifs is 12. The molecule has 6 aromatic carbocycles. The quantitative estimate of drug-likeness (QED) is 0.102. The molecule has 0 radical (unpaired) electrons. The van der Waals surface area contributed by atoms with Crippen LogP contribution in [-0.4, -0.2) is 59.7 Å². The SMILES string of the molecule is O.O.O.O.O.O=C1OC2(c3cc(Br)c(O)cc3Oc3c2cc(Br)c(O)[c]3[Hg])c2ccccc21.O=C1OC2(c3cc(Br)c(O)cc3Oc3c2cc(Br)c(O)[c]3[Hg])c2ccccc21.[Na+].[Na+]. The van der Waals surface area contributed by atoms with E-state index in [-0.39, 0.29) is 162 Å². The Morgan fingerprint density at radius 1 is 0.460 bits per heavy atom. The van der Waals surface area contributed by atoms with Gasteiger partial charge in [0.1, 0.15) is 0 Å². The maximum atomic E-state index is 12.8. The van der Waals surface area contributed by atoms with Gasteiger partial charge in [0.15, 0.2) is 0 Å². The molecule has 63 heavy (non-hydrogen) atoms. The molecule has 0 bridgehead atoms. The van der Waals surface area contributed by atoms with Gasteiger partial charge in [-0.15, -0.1) is 0 Å². The number of phenols is 4. The molecule has 2 unspecified atom stereocenters. The summed E-state index contributed by atoms with van der Waals surface area (Å²) < 4.78 is 27.7. The van der Waals surface area contributed by atoms with Crippen LogP contribution in [0.1, 0.15) is 54.1 Å². The molecule has 0 saturated heterocycles. The summed E-state index contributed by atoms with van der Waals surface area (Å²) >= 11 is 13.6. The fourth-order valence-corrected chi connectivity index (χ4v) is 14.8. The zero-order valence-corrected chi connectivity index (χ0v) is 54.1. The minimum atomic E-state index is -1.23. The molecule has 4 aliphatic rings. The molecule has 0 aliphatic carbocycles. The van der Waals surface area contributed by atoms with E-state index in [4.69, 9.17) is 18.9 Å². The number of benzene rings is 6. The molecule has 6 aromatic rings. The fourth-order valence-electron chi connectivity index (χ4n) is 7.65. The first kappa shape index (κ1) is 57.8. The zero-order valence-electron chi connectivity index (χ0n) is 32.7. The number of aromatic hydroxyl groups is 4. The van der Waals surface area contributed by atoms with Crippen molar-refractivity contribution in [2.45, 2.75) is 11.2 Å². The van der Waals surface area contributed by atoms with Gasteiger partial charge >= 0.3 is 447 Å². The van der Waals surface area contributed by atoms with E-state index in [1.54, 1.807) is 48.5 Å². The van der Waals surface area contributed by atoms with Crippen molar-refractivity contribution in [2.75, 3.05) is 0 Å². The van der Waals surface area contributed by atoms with Gasteiger partial charge in [-0.05, 0) is 0 Å². The third-order valence-electron chi connectivity index (χ3n) is 10.2. The Kier molecular flexibility index (Phi) is 19.5. The molecule has 310 valence electrons. The molecule has 0 fully saturated rings. The normalized spacial score (nSPS) is 16.8. The van der Waals surface area contributed by atoms with Crippen molar-refractivity contribution in [3.8, 4) is 46.0 Å². The predicted octanol–water partition coefficient (Wildman–Crippen LogP) is -1.39.